The number of anilines is 1. The Labute approximate surface area is 180 Å². The lowest BCUT2D eigenvalue weighted by molar-refractivity contribution is -0.0232. The summed E-state index contributed by atoms with van der Waals surface area (Å²) in [5.41, 5.74) is 1.45. The van der Waals surface area contributed by atoms with Crippen molar-refractivity contribution in [1.29, 1.82) is 0 Å². The predicted octanol–water partition coefficient (Wildman–Crippen LogP) is 3.72. The lowest BCUT2D eigenvalue weighted by Gasteiger charge is -2.32. The summed E-state index contributed by atoms with van der Waals surface area (Å²) in [6.07, 6.45) is 1.94. The van der Waals surface area contributed by atoms with Gasteiger partial charge < -0.3 is 24.1 Å². The largest absolute Gasteiger partial charge is 0.497 e. The van der Waals surface area contributed by atoms with Gasteiger partial charge in [0.05, 0.1) is 25.6 Å². The number of nitrogens with zero attached hydrogens (tertiary/aromatic N) is 3. The first-order chi connectivity index (χ1) is 14.9. The van der Waals surface area contributed by atoms with Gasteiger partial charge >= 0.3 is 0 Å². The van der Waals surface area contributed by atoms with Crippen LogP contribution in [0, 0.1) is 6.92 Å². The van der Waals surface area contributed by atoms with Gasteiger partial charge in [-0.2, -0.15) is 4.98 Å². The second-order valence-corrected chi connectivity index (χ2v) is 8.54. The van der Waals surface area contributed by atoms with Crippen LogP contribution in [0.3, 0.4) is 0 Å². The van der Waals surface area contributed by atoms with E-state index in [0.29, 0.717) is 31.2 Å². The number of methoxy groups -OCH3 is 1. The Hall–Kier alpha value is -3.13. The Morgan fingerprint density at radius 1 is 1.26 bits per heavy atom. The number of aromatic nitrogens is 2. The smallest absolute Gasteiger partial charge is 0.292 e. The SMILES string of the molecule is COc1ccc(C2CN(C(=O)c3nc(NC4(C)CC4)c4cc(C)oc4n3)CCO2)cc1. The van der Waals surface area contributed by atoms with Crippen LogP contribution in [0.4, 0.5) is 5.82 Å². The first-order valence-corrected chi connectivity index (χ1v) is 10.6. The lowest BCUT2D eigenvalue weighted by Crippen LogP contribution is -2.43. The van der Waals surface area contributed by atoms with E-state index in [1.54, 1.807) is 12.0 Å². The molecule has 0 bridgehead atoms. The van der Waals surface area contributed by atoms with E-state index in [4.69, 9.17) is 13.9 Å². The number of benzene rings is 1. The molecule has 5 rings (SSSR count). The number of aryl methyl sites for hydroxylation is 1. The molecular formula is C23H26N4O4. The normalized spacial score (nSPS) is 20.0. The average molecular weight is 422 g/mol. The van der Waals surface area contributed by atoms with Crippen LogP contribution >= 0.6 is 0 Å². The summed E-state index contributed by atoms with van der Waals surface area (Å²) in [5.74, 6) is 2.10. The molecule has 31 heavy (non-hydrogen) atoms. The van der Waals surface area contributed by atoms with Crippen LogP contribution in [0.25, 0.3) is 11.1 Å². The van der Waals surface area contributed by atoms with E-state index in [1.807, 2.05) is 37.3 Å². The van der Waals surface area contributed by atoms with Crippen LogP contribution < -0.4 is 10.1 Å². The lowest BCUT2D eigenvalue weighted by atomic mass is 10.1. The average Bonchev–Trinajstić information content (AvgIpc) is 3.38. The molecule has 1 aromatic carbocycles. The van der Waals surface area contributed by atoms with Gasteiger partial charge in [0.25, 0.3) is 5.91 Å². The van der Waals surface area contributed by atoms with Crippen molar-refractivity contribution in [2.75, 3.05) is 32.1 Å². The Morgan fingerprint density at radius 3 is 2.74 bits per heavy atom. The number of furan rings is 1. The van der Waals surface area contributed by atoms with E-state index in [0.717, 1.165) is 35.3 Å². The molecule has 1 aliphatic heterocycles. The molecule has 3 heterocycles. The number of nitrogens with one attached hydrogen (secondary N) is 1. The molecule has 1 aliphatic carbocycles. The summed E-state index contributed by atoms with van der Waals surface area (Å²) in [4.78, 5) is 24.1. The van der Waals surface area contributed by atoms with E-state index in [9.17, 15) is 4.79 Å². The standard InChI is InChI=1S/C23H26N4O4/c1-14-12-17-19(26-23(2)8-9-23)24-20(25-21(17)31-14)22(28)27-10-11-30-18(13-27)15-4-6-16(29-3)7-5-15/h4-7,12,18H,8-11,13H2,1-3H3,(H,24,25,26). The van der Waals surface area contributed by atoms with Crippen molar-refractivity contribution < 1.29 is 18.7 Å². The predicted molar refractivity (Wildman–Crippen MR) is 115 cm³/mol. The van der Waals surface area contributed by atoms with Crippen LogP contribution in [0.5, 0.6) is 5.75 Å². The van der Waals surface area contributed by atoms with E-state index in [1.165, 1.54) is 0 Å². The second kappa shape index (κ2) is 7.53. The van der Waals surface area contributed by atoms with E-state index in [2.05, 4.69) is 22.2 Å². The van der Waals surface area contributed by atoms with E-state index >= 15 is 0 Å². The minimum Gasteiger partial charge on any atom is -0.497 e. The molecular weight excluding hydrogens is 396 g/mol. The van der Waals surface area contributed by atoms with Crippen molar-refractivity contribution in [2.24, 2.45) is 0 Å². The highest BCUT2D eigenvalue weighted by Crippen LogP contribution is 2.39. The van der Waals surface area contributed by atoms with Gasteiger partial charge in [0.15, 0.2) is 0 Å². The van der Waals surface area contributed by atoms with Gasteiger partial charge in [0.1, 0.15) is 23.4 Å². The number of carbonyl (C=O) groups is 1. The first-order valence-electron chi connectivity index (χ1n) is 10.6. The number of amides is 1. The van der Waals surface area contributed by atoms with Gasteiger partial charge in [0, 0.05) is 12.1 Å². The molecule has 1 saturated carbocycles. The fourth-order valence-corrected chi connectivity index (χ4v) is 3.83. The number of ether oxygens (including phenoxy) is 2. The zero-order valence-corrected chi connectivity index (χ0v) is 18.0. The summed E-state index contributed by atoms with van der Waals surface area (Å²) in [6.45, 7) is 5.40. The minimum atomic E-state index is -0.221. The Bertz CT molecular complexity index is 1120. The number of hydrogen-bond acceptors (Lipinski definition) is 7. The van der Waals surface area contributed by atoms with Gasteiger partial charge in [-0.25, -0.2) is 4.98 Å². The quantitative estimate of drug-likeness (QED) is 0.670. The number of fused-ring (bicyclic) bond motifs is 1. The molecule has 3 aromatic rings. The molecule has 0 radical (unpaired) electrons. The number of rotatable bonds is 5. The molecule has 1 amide bonds. The third-order valence-corrected chi connectivity index (χ3v) is 5.97. The summed E-state index contributed by atoms with van der Waals surface area (Å²) in [6, 6.07) is 9.62. The number of hydrogen-bond donors (Lipinski definition) is 1. The fourth-order valence-electron chi connectivity index (χ4n) is 3.83. The Balaban J connectivity index is 1.40. The van der Waals surface area contributed by atoms with Crippen LogP contribution in [-0.4, -0.2) is 53.1 Å². The summed E-state index contributed by atoms with van der Waals surface area (Å²) >= 11 is 0. The van der Waals surface area contributed by atoms with E-state index < -0.39 is 0 Å². The molecule has 2 fully saturated rings. The van der Waals surface area contributed by atoms with Crippen molar-refractivity contribution in [3.05, 3.63) is 47.5 Å². The summed E-state index contributed by atoms with van der Waals surface area (Å²) in [7, 11) is 1.64. The summed E-state index contributed by atoms with van der Waals surface area (Å²) in [5, 5.41) is 4.28. The topological polar surface area (TPSA) is 89.7 Å². The van der Waals surface area contributed by atoms with Crippen molar-refractivity contribution in [2.45, 2.75) is 38.3 Å². The highest BCUT2D eigenvalue weighted by atomic mass is 16.5. The maximum absolute atomic E-state index is 13.3. The van der Waals surface area contributed by atoms with Crippen molar-refractivity contribution >= 4 is 22.8 Å². The van der Waals surface area contributed by atoms with Crippen molar-refractivity contribution in [1.82, 2.24) is 14.9 Å². The molecule has 8 nitrogen and oxygen atoms in total. The van der Waals surface area contributed by atoms with Crippen LogP contribution in [0.15, 0.2) is 34.7 Å². The van der Waals surface area contributed by atoms with Crippen LogP contribution in [0.1, 0.15) is 47.8 Å². The number of morpholine rings is 1. The molecule has 162 valence electrons. The first kappa shape index (κ1) is 19.8. The molecule has 1 atom stereocenters. The molecule has 1 saturated heterocycles. The van der Waals surface area contributed by atoms with E-state index in [-0.39, 0.29) is 23.4 Å². The maximum atomic E-state index is 13.3. The highest BCUT2D eigenvalue weighted by molar-refractivity contribution is 5.95. The van der Waals surface area contributed by atoms with Gasteiger partial charge in [-0.1, -0.05) is 12.1 Å². The zero-order chi connectivity index (χ0) is 21.6. The molecule has 2 aromatic heterocycles. The fraction of sp³-hybridized carbons (Fsp3) is 0.435. The monoisotopic (exact) mass is 422 g/mol. The Morgan fingerprint density at radius 2 is 2.03 bits per heavy atom. The molecule has 2 aliphatic rings. The van der Waals surface area contributed by atoms with Crippen LogP contribution in [-0.2, 0) is 4.74 Å². The van der Waals surface area contributed by atoms with Gasteiger partial charge in [0.2, 0.25) is 11.5 Å². The molecule has 8 heteroatoms. The second-order valence-electron chi connectivity index (χ2n) is 8.54. The van der Waals surface area contributed by atoms with Crippen molar-refractivity contribution in [3.63, 3.8) is 0 Å². The maximum Gasteiger partial charge on any atom is 0.292 e. The third-order valence-electron chi connectivity index (χ3n) is 5.97. The Kier molecular flexibility index (Phi) is 4.81. The summed E-state index contributed by atoms with van der Waals surface area (Å²) < 4.78 is 16.9. The minimum absolute atomic E-state index is 0.0190. The molecule has 1 N–H and O–H groups in total. The molecule has 1 unspecified atom stereocenters. The van der Waals surface area contributed by atoms with Crippen molar-refractivity contribution in [3.8, 4) is 5.75 Å². The molecule has 0 spiro atoms. The number of carbonyl (C=O) groups excluding carboxylic acids is 1. The zero-order valence-electron chi connectivity index (χ0n) is 18.0. The van der Waals surface area contributed by atoms with Gasteiger partial charge in [-0.05, 0) is 50.5 Å². The third kappa shape index (κ3) is 3.95. The van der Waals surface area contributed by atoms with Gasteiger partial charge in [-0.3, -0.25) is 4.79 Å². The highest BCUT2D eigenvalue weighted by Gasteiger charge is 2.38. The van der Waals surface area contributed by atoms with Crippen LogP contribution in [0.2, 0.25) is 0 Å². The van der Waals surface area contributed by atoms with Gasteiger partial charge in [-0.15, -0.1) is 0 Å².